The van der Waals surface area contributed by atoms with E-state index in [-0.39, 0.29) is 10.3 Å². The maximum absolute atomic E-state index is 10.4. The first-order chi connectivity index (χ1) is 10.5. The zero-order valence-corrected chi connectivity index (χ0v) is 22.2. The van der Waals surface area contributed by atoms with Gasteiger partial charge in [-0.15, -0.1) is 0 Å². The summed E-state index contributed by atoms with van der Waals surface area (Å²) in [5.41, 5.74) is 0. The summed E-state index contributed by atoms with van der Waals surface area (Å²) in [4.78, 5) is 41.7. The zero-order chi connectivity index (χ0) is 19.4. The van der Waals surface area contributed by atoms with Crippen LogP contribution in [0.4, 0.5) is 0 Å². The van der Waals surface area contributed by atoms with Crippen molar-refractivity contribution in [1.29, 1.82) is 0 Å². The molecular weight excluding hydrogens is 409 g/mol. The van der Waals surface area contributed by atoms with E-state index in [1.165, 1.54) is 0 Å². The smallest absolute Gasteiger partial charge is 0.185 e. The van der Waals surface area contributed by atoms with Crippen LogP contribution >= 0.6 is 21.6 Å². The van der Waals surface area contributed by atoms with E-state index in [2.05, 4.69) is 0 Å². The van der Waals surface area contributed by atoms with E-state index in [0.717, 1.165) is 24.3 Å². The lowest BCUT2D eigenvalue weighted by Crippen LogP contribution is -2.48. The maximum atomic E-state index is 10.4. The number of rotatable bonds is 11. The standard InChI is InChI=1S/C14H38O4S2Si4/c1-21(2,15)13(22(3,4)16)9-11-19-20-12-10-14(23(5,6)17)24(7,8)18/h13-18H,9-12H2,1-8H3. The Morgan fingerprint density at radius 2 is 0.750 bits per heavy atom. The number of hydrogen-bond donors (Lipinski definition) is 4. The van der Waals surface area contributed by atoms with E-state index in [1.807, 2.05) is 52.4 Å². The molecule has 24 heavy (non-hydrogen) atoms. The quantitative estimate of drug-likeness (QED) is 0.220. The first-order valence-corrected chi connectivity index (χ1v) is 23.2. The molecule has 0 saturated heterocycles. The SMILES string of the molecule is C[Si](C)(O)C(CCSSCCC([Si](C)(C)O)[Si](C)(C)O)[Si](C)(C)O. The summed E-state index contributed by atoms with van der Waals surface area (Å²) in [5.74, 6) is 1.85. The van der Waals surface area contributed by atoms with Crippen LogP contribution in [0.3, 0.4) is 0 Å². The summed E-state index contributed by atoms with van der Waals surface area (Å²) in [6.45, 7) is 15.4. The van der Waals surface area contributed by atoms with Crippen LogP contribution in [0, 0.1) is 0 Å². The van der Waals surface area contributed by atoms with Crippen LogP contribution in [0.2, 0.25) is 62.7 Å². The highest BCUT2D eigenvalue weighted by atomic mass is 33.1. The fourth-order valence-electron chi connectivity index (χ4n) is 3.59. The van der Waals surface area contributed by atoms with Gasteiger partial charge in [0.2, 0.25) is 0 Å². The van der Waals surface area contributed by atoms with E-state index < -0.39 is 33.3 Å². The van der Waals surface area contributed by atoms with Crippen LogP contribution < -0.4 is 0 Å². The second-order valence-electron chi connectivity index (χ2n) is 8.94. The van der Waals surface area contributed by atoms with Crippen molar-refractivity contribution >= 4 is 54.9 Å². The summed E-state index contributed by atoms with van der Waals surface area (Å²) in [7, 11) is -5.73. The molecule has 0 atom stereocenters. The van der Waals surface area contributed by atoms with Crippen molar-refractivity contribution in [3.8, 4) is 0 Å². The molecule has 0 aliphatic rings. The third-order valence-electron chi connectivity index (χ3n) is 4.47. The molecule has 4 nitrogen and oxygen atoms in total. The van der Waals surface area contributed by atoms with Crippen molar-refractivity contribution in [3.63, 3.8) is 0 Å². The molecule has 0 aliphatic carbocycles. The Hall–Kier alpha value is 1.41. The van der Waals surface area contributed by atoms with Crippen molar-refractivity contribution in [2.45, 2.75) is 75.5 Å². The Morgan fingerprint density at radius 3 is 0.917 bits per heavy atom. The first-order valence-electron chi connectivity index (χ1n) is 8.61. The van der Waals surface area contributed by atoms with Crippen molar-refractivity contribution in [1.82, 2.24) is 0 Å². The van der Waals surface area contributed by atoms with Gasteiger partial charge in [-0.2, -0.15) is 0 Å². The fourth-order valence-corrected chi connectivity index (χ4v) is 23.8. The summed E-state index contributed by atoms with van der Waals surface area (Å²) in [6.07, 6.45) is 1.74. The van der Waals surface area contributed by atoms with Crippen LogP contribution in [0.25, 0.3) is 0 Å². The predicted molar refractivity (Wildman–Crippen MR) is 120 cm³/mol. The summed E-state index contributed by atoms with van der Waals surface area (Å²) in [5, 5.41) is 0.192. The van der Waals surface area contributed by atoms with Gasteiger partial charge in [0, 0.05) is 11.5 Å². The van der Waals surface area contributed by atoms with Gasteiger partial charge in [-0.3, -0.25) is 0 Å². The van der Waals surface area contributed by atoms with Gasteiger partial charge in [0.25, 0.3) is 0 Å². The average molecular weight is 447 g/mol. The second-order valence-corrected chi connectivity index (χ2v) is 28.8. The fraction of sp³-hybridized carbons (Fsp3) is 1.00. The van der Waals surface area contributed by atoms with Gasteiger partial charge in [-0.1, -0.05) is 21.6 Å². The minimum Gasteiger partial charge on any atom is -0.432 e. The topological polar surface area (TPSA) is 80.9 Å². The molecule has 0 radical (unpaired) electrons. The highest BCUT2D eigenvalue weighted by Gasteiger charge is 2.43. The molecule has 4 N–H and O–H groups in total. The van der Waals surface area contributed by atoms with Gasteiger partial charge in [0.15, 0.2) is 33.3 Å². The lowest BCUT2D eigenvalue weighted by Gasteiger charge is -2.35. The van der Waals surface area contributed by atoms with Crippen molar-refractivity contribution < 1.29 is 19.2 Å². The molecule has 0 rings (SSSR count). The first kappa shape index (κ1) is 25.4. The van der Waals surface area contributed by atoms with Crippen molar-refractivity contribution in [2.75, 3.05) is 11.5 Å². The molecule has 0 saturated carbocycles. The van der Waals surface area contributed by atoms with E-state index in [9.17, 15) is 19.2 Å². The van der Waals surface area contributed by atoms with Gasteiger partial charge in [-0.25, -0.2) is 0 Å². The third kappa shape index (κ3) is 9.93. The minimum atomic E-state index is -2.32. The van der Waals surface area contributed by atoms with Crippen LogP contribution in [0.15, 0.2) is 0 Å². The molecule has 0 unspecified atom stereocenters. The monoisotopic (exact) mass is 446 g/mol. The average Bonchev–Trinajstić information content (AvgIpc) is 2.25. The van der Waals surface area contributed by atoms with Gasteiger partial charge in [-0.05, 0) is 75.5 Å². The zero-order valence-electron chi connectivity index (χ0n) is 16.6. The summed E-state index contributed by atoms with van der Waals surface area (Å²) in [6, 6.07) is 0. The summed E-state index contributed by atoms with van der Waals surface area (Å²) >= 11 is 0. The Balaban J connectivity index is 4.31. The Labute approximate surface area is 160 Å². The van der Waals surface area contributed by atoms with E-state index in [0.29, 0.717) is 0 Å². The lowest BCUT2D eigenvalue weighted by atomic mass is 10.6. The highest BCUT2D eigenvalue weighted by Crippen LogP contribution is 2.37. The Kier molecular flexibility index (Phi) is 10.1. The predicted octanol–water partition coefficient (Wildman–Crippen LogP) is 3.76. The minimum absolute atomic E-state index is 0.0958. The van der Waals surface area contributed by atoms with Crippen LogP contribution in [-0.2, 0) is 0 Å². The van der Waals surface area contributed by atoms with Crippen LogP contribution in [-0.4, -0.2) is 64.0 Å². The second kappa shape index (κ2) is 9.56. The van der Waals surface area contributed by atoms with E-state index >= 15 is 0 Å². The summed E-state index contributed by atoms with van der Waals surface area (Å²) < 4.78 is 0. The molecule has 0 bridgehead atoms. The van der Waals surface area contributed by atoms with Gasteiger partial charge < -0.3 is 19.2 Å². The molecule has 0 aromatic rings. The molecule has 10 heteroatoms. The molecule has 0 fully saturated rings. The molecule has 0 amide bonds. The largest absolute Gasteiger partial charge is 0.432 e. The van der Waals surface area contributed by atoms with E-state index in [4.69, 9.17) is 0 Å². The van der Waals surface area contributed by atoms with Crippen molar-refractivity contribution in [3.05, 3.63) is 0 Å². The van der Waals surface area contributed by atoms with Crippen LogP contribution in [0.5, 0.6) is 0 Å². The molecular formula is C14H38O4S2Si4. The lowest BCUT2D eigenvalue weighted by molar-refractivity contribution is 0.496. The molecule has 146 valence electrons. The third-order valence-corrected chi connectivity index (χ3v) is 23.4. The molecule has 0 aliphatic heterocycles. The molecule has 0 spiro atoms. The number of hydrogen-bond acceptors (Lipinski definition) is 6. The van der Waals surface area contributed by atoms with Gasteiger partial charge in [0.05, 0.1) is 0 Å². The van der Waals surface area contributed by atoms with Crippen molar-refractivity contribution in [2.24, 2.45) is 0 Å². The van der Waals surface area contributed by atoms with Gasteiger partial charge in [0.1, 0.15) is 0 Å². The Bertz CT molecular complexity index is 309. The van der Waals surface area contributed by atoms with Gasteiger partial charge >= 0.3 is 0 Å². The molecule has 0 aromatic carbocycles. The molecule has 0 aromatic heterocycles. The van der Waals surface area contributed by atoms with E-state index in [1.54, 1.807) is 21.6 Å². The molecule has 0 heterocycles. The Morgan fingerprint density at radius 1 is 0.542 bits per heavy atom. The maximum Gasteiger partial charge on any atom is 0.185 e. The van der Waals surface area contributed by atoms with Crippen LogP contribution in [0.1, 0.15) is 12.8 Å². The highest BCUT2D eigenvalue weighted by molar-refractivity contribution is 8.76. The normalized spacial score (nSPS) is 14.8.